The largest absolute Gasteiger partial charge is 0.497 e. The van der Waals surface area contributed by atoms with Gasteiger partial charge in [-0.25, -0.2) is 4.79 Å². The molecule has 1 aliphatic rings. The van der Waals surface area contributed by atoms with Gasteiger partial charge in [0.15, 0.2) is 0 Å². The summed E-state index contributed by atoms with van der Waals surface area (Å²) in [6, 6.07) is 7.22. The Morgan fingerprint density at radius 2 is 1.81 bits per heavy atom. The number of hydrogen-bond acceptors (Lipinski definition) is 3. The molecule has 0 saturated carbocycles. The van der Waals surface area contributed by atoms with Crippen molar-refractivity contribution in [1.29, 1.82) is 0 Å². The lowest BCUT2D eigenvalue weighted by Crippen LogP contribution is -2.46. The standard InChI is InChI=1S/C20H31N3O3/c1-4-6-12-22(13-7-5-2)20(25)21-16-14-19(24)23(15-16)17-8-10-18(26-3)11-9-17/h8-11,16H,4-7,12-15H2,1-3H3,(H,21,25). The van der Waals surface area contributed by atoms with Crippen molar-refractivity contribution in [3.05, 3.63) is 24.3 Å². The van der Waals surface area contributed by atoms with E-state index in [2.05, 4.69) is 19.2 Å². The van der Waals surface area contributed by atoms with Gasteiger partial charge in [-0.05, 0) is 37.1 Å². The average molecular weight is 361 g/mol. The van der Waals surface area contributed by atoms with Crippen LogP contribution in [0.5, 0.6) is 5.75 Å². The first-order valence-electron chi connectivity index (χ1n) is 9.58. The van der Waals surface area contributed by atoms with Crippen molar-refractivity contribution in [2.24, 2.45) is 0 Å². The fourth-order valence-corrected chi connectivity index (χ4v) is 3.09. The highest BCUT2D eigenvalue weighted by Crippen LogP contribution is 2.24. The molecule has 3 amide bonds. The van der Waals surface area contributed by atoms with Crippen molar-refractivity contribution < 1.29 is 14.3 Å². The van der Waals surface area contributed by atoms with Crippen LogP contribution in [0, 0.1) is 0 Å². The second-order valence-electron chi connectivity index (χ2n) is 6.75. The molecule has 1 aromatic carbocycles. The summed E-state index contributed by atoms with van der Waals surface area (Å²) in [4.78, 5) is 28.6. The van der Waals surface area contributed by atoms with E-state index in [4.69, 9.17) is 4.74 Å². The summed E-state index contributed by atoms with van der Waals surface area (Å²) in [7, 11) is 1.62. The highest BCUT2D eigenvalue weighted by Gasteiger charge is 2.32. The molecule has 6 heteroatoms. The zero-order valence-corrected chi connectivity index (χ0v) is 16.2. The number of ether oxygens (including phenoxy) is 1. The SMILES string of the molecule is CCCCN(CCCC)C(=O)NC1CC(=O)N(c2ccc(OC)cc2)C1. The van der Waals surface area contributed by atoms with E-state index >= 15 is 0 Å². The Bertz CT molecular complexity index is 580. The molecular formula is C20H31N3O3. The summed E-state index contributed by atoms with van der Waals surface area (Å²) in [6.45, 7) is 6.29. The zero-order valence-electron chi connectivity index (χ0n) is 16.2. The van der Waals surface area contributed by atoms with Crippen LogP contribution in [0.25, 0.3) is 0 Å². The van der Waals surface area contributed by atoms with Crippen LogP contribution in [-0.2, 0) is 4.79 Å². The van der Waals surface area contributed by atoms with Gasteiger partial charge in [-0.2, -0.15) is 0 Å². The fraction of sp³-hybridized carbons (Fsp3) is 0.600. The van der Waals surface area contributed by atoms with Crippen molar-refractivity contribution in [1.82, 2.24) is 10.2 Å². The monoisotopic (exact) mass is 361 g/mol. The third kappa shape index (κ3) is 5.38. The minimum absolute atomic E-state index is 0.0362. The zero-order chi connectivity index (χ0) is 18.9. The Hall–Kier alpha value is -2.24. The molecule has 2 rings (SSSR count). The van der Waals surface area contributed by atoms with Gasteiger partial charge in [0.1, 0.15) is 5.75 Å². The lowest BCUT2D eigenvalue weighted by atomic mass is 10.2. The first-order valence-corrected chi connectivity index (χ1v) is 9.58. The molecule has 1 aliphatic heterocycles. The van der Waals surface area contributed by atoms with E-state index in [9.17, 15) is 9.59 Å². The first kappa shape index (κ1) is 20.1. The number of carbonyl (C=O) groups is 2. The van der Waals surface area contributed by atoms with Gasteiger partial charge in [0.25, 0.3) is 0 Å². The van der Waals surface area contributed by atoms with E-state index in [0.29, 0.717) is 13.0 Å². The van der Waals surface area contributed by atoms with Gasteiger partial charge in [-0.1, -0.05) is 26.7 Å². The van der Waals surface area contributed by atoms with Crippen LogP contribution in [-0.4, -0.2) is 49.6 Å². The third-order valence-corrected chi connectivity index (χ3v) is 4.69. The molecule has 1 heterocycles. The maximum Gasteiger partial charge on any atom is 0.317 e. The van der Waals surface area contributed by atoms with Crippen LogP contribution in [0.2, 0.25) is 0 Å². The van der Waals surface area contributed by atoms with Gasteiger partial charge in [-0.3, -0.25) is 4.79 Å². The lowest BCUT2D eigenvalue weighted by Gasteiger charge is -2.25. The molecule has 0 bridgehead atoms. The van der Waals surface area contributed by atoms with Gasteiger partial charge in [0, 0.05) is 31.7 Å². The molecule has 1 unspecified atom stereocenters. The molecule has 1 saturated heterocycles. The fourth-order valence-electron chi connectivity index (χ4n) is 3.09. The lowest BCUT2D eigenvalue weighted by molar-refractivity contribution is -0.117. The molecule has 0 aromatic heterocycles. The first-order chi connectivity index (χ1) is 12.6. The van der Waals surface area contributed by atoms with Crippen LogP contribution < -0.4 is 15.0 Å². The van der Waals surface area contributed by atoms with E-state index in [1.807, 2.05) is 29.2 Å². The summed E-state index contributed by atoms with van der Waals surface area (Å²) in [5.74, 6) is 0.793. The van der Waals surface area contributed by atoms with Crippen molar-refractivity contribution >= 4 is 17.6 Å². The molecule has 144 valence electrons. The van der Waals surface area contributed by atoms with Gasteiger partial charge in [-0.15, -0.1) is 0 Å². The predicted octanol–water partition coefficient (Wildman–Crippen LogP) is 3.41. The second-order valence-corrected chi connectivity index (χ2v) is 6.75. The van der Waals surface area contributed by atoms with Crippen molar-refractivity contribution in [2.45, 2.75) is 52.0 Å². The number of rotatable bonds is 9. The summed E-state index contributed by atoms with van der Waals surface area (Å²) in [5, 5.41) is 3.05. The number of nitrogens with zero attached hydrogens (tertiary/aromatic N) is 2. The maximum absolute atomic E-state index is 12.6. The Morgan fingerprint density at radius 3 is 2.35 bits per heavy atom. The molecule has 0 spiro atoms. The van der Waals surface area contributed by atoms with E-state index in [1.165, 1.54) is 0 Å². The van der Waals surface area contributed by atoms with Crippen molar-refractivity contribution in [3.8, 4) is 5.75 Å². The van der Waals surface area contributed by atoms with E-state index in [0.717, 1.165) is 50.2 Å². The Labute approximate surface area is 156 Å². The molecular weight excluding hydrogens is 330 g/mol. The summed E-state index contributed by atoms with van der Waals surface area (Å²) in [6.07, 6.45) is 4.46. The van der Waals surface area contributed by atoms with Gasteiger partial charge in [0.05, 0.1) is 13.2 Å². The second kappa shape index (κ2) is 10.0. The number of nitrogens with one attached hydrogen (secondary N) is 1. The number of benzene rings is 1. The van der Waals surface area contributed by atoms with Crippen molar-refractivity contribution in [3.63, 3.8) is 0 Å². The number of unbranched alkanes of at least 4 members (excludes halogenated alkanes) is 2. The topological polar surface area (TPSA) is 61.9 Å². The number of amides is 3. The van der Waals surface area contributed by atoms with Crippen LogP contribution >= 0.6 is 0 Å². The molecule has 1 N–H and O–H groups in total. The Kier molecular flexibility index (Phi) is 7.75. The van der Waals surface area contributed by atoms with E-state index < -0.39 is 0 Å². The predicted molar refractivity (Wildman–Crippen MR) is 104 cm³/mol. The maximum atomic E-state index is 12.6. The highest BCUT2D eigenvalue weighted by atomic mass is 16.5. The number of anilines is 1. The highest BCUT2D eigenvalue weighted by molar-refractivity contribution is 5.96. The van der Waals surface area contributed by atoms with Gasteiger partial charge >= 0.3 is 6.03 Å². The third-order valence-electron chi connectivity index (χ3n) is 4.69. The molecule has 26 heavy (non-hydrogen) atoms. The number of carbonyl (C=O) groups excluding carboxylic acids is 2. The minimum Gasteiger partial charge on any atom is -0.497 e. The van der Waals surface area contributed by atoms with Crippen LogP contribution in [0.15, 0.2) is 24.3 Å². The summed E-state index contributed by atoms with van der Waals surface area (Å²) in [5.41, 5.74) is 0.835. The number of hydrogen-bond donors (Lipinski definition) is 1. The average Bonchev–Trinajstić information content (AvgIpc) is 3.02. The number of methoxy groups -OCH3 is 1. The van der Waals surface area contributed by atoms with Crippen LogP contribution in [0.3, 0.4) is 0 Å². The molecule has 6 nitrogen and oxygen atoms in total. The quantitative estimate of drug-likeness (QED) is 0.733. The molecule has 0 radical (unpaired) electrons. The minimum atomic E-state index is -0.150. The van der Waals surface area contributed by atoms with E-state index in [1.54, 1.807) is 12.0 Å². The molecule has 1 atom stereocenters. The summed E-state index contributed by atoms with van der Waals surface area (Å²) >= 11 is 0. The van der Waals surface area contributed by atoms with Crippen molar-refractivity contribution in [2.75, 3.05) is 31.6 Å². The smallest absolute Gasteiger partial charge is 0.317 e. The number of urea groups is 1. The van der Waals surface area contributed by atoms with E-state index in [-0.39, 0.29) is 18.0 Å². The van der Waals surface area contributed by atoms with Crippen LogP contribution in [0.4, 0.5) is 10.5 Å². The Balaban J connectivity index is 1.94. The van der Waals surface area contributed by atoms with Gasteiger partial charge < -0.3 is 19.9 Å². The Morgan fingerprint density at radius 1 is 1.19 bits per heavy atom. The summed E-state index contributed by atoms with van der Waals surface area (Å²) < 4.78 is 5.16. The molecule has 1 aromatic rings. The van der Waals surface area contributed by atoms with Gasteiger partial charge in [0.2, 0.25) is 5.91 Å². The van der Waals surface area contributed by atoms with Crippen LogP contribution in [0.1, 0.15) is 46.0 Å². The molecule has 0 aliphatic carbocycles. The molecule has 1 fully saturated rings. The normalized spacial score (nSPS) is 16.7.